The summed E-state index contributed by atoms with van der Waals surface area (Å²) in [5.41, 5.74) is 7.29. The third-order valence-corrected chi connectivity index (χ3v) is 2.59. The number of nitrogens with two attached hydrogens (primary N) is 1. The van der Waals surface area contributed by atoms with E-state index >= 15 is 0 Å². The molecule has 1 rings (SSSR count). The van der Waals surface area contributed by atoms with Crippen LogP contribution in [0.25, 0.3) is 0 Å². The van der Waals surface area contributed by atoms with Gasteiger partial charge in [-0.2, -0.15) is 13.2 Å². The molecule has 0 aliphatic rings. The first-order valence-corrected chi connectivity index (χ1v) is 5.30. The number of alkyl halides is 3. The summed E-state index contributed by atoms with van der Waals surface area (Å²) in [6.45, 7) is 1.83. The third kappa shape index (κ3) is 5.14. The normalized spacial score (nSPS) is 12.8. The van der Waals surface area contributed by atoms with Gasteiger partial charge in [-0.05, 0) is 30.5 Å². The predicted molar refractivity (Wildman–Crippen MR) is 67.2 cm³/mol. The Morgan fingerprint density at radius 2 is 1.94 bits per heavy atom. The average molecular weight is 284 g/mol. The Balaban J connectivity index is 0.00000289. The van der Waals surface area contributed by atoms with E-state index in [1.807, 2.05) is 6.92 Å². The van der Waals surface area contributed by atoms with Gasteiger partial charge in [0.15, 0.2) is 0 Å². The molecule has 0 unspecified atom stereocenters. The molecular weight excluding hydrogens is 267 g/mol. The minimum Gasteiger partial charge on any atom is -0.496 e. The molecule has 0 aliphatic heterocycles. The number of rotatable bonds is 4. The summed E-state index contributed by atoms with van der Waals surface area (Å²) >= 11 is 0. The van der Waals surface area contributed by atoms with Crippen molar-refractivity contribution in [2.75, 3.05) is 7.11 Å². The van der Waals surface area contributed by atoms with Crippen molar-refractivity contribution in [3.05, 3.63) is 29.3 Å². The molecule has 1 aromatic rings. The zero-order chi connectivity index (χ0) is 13.1. The van der Waals surface area contributed by atoms with Crippen molar-refractivity contribution in [1.29, 1.82) is 0 Å². The van der Waals surface area contributed by atoms with Gasteiger partial charge in [0.2, 0.25) is 0 Å². The molecule has 0 aliphatic carbocycles. The van der Waals surface area contributed by atoms with Crippen molar-refractivity contribution in [3.63, 3.8) is 0 Å². The molecule has 0 heterocycles. The van der Waals surface area contributed by atoms with Crippen LogP contribution in [0.1, 0.15) is 30.0 Å². The van der Waals surface area contributed by atoms with Crippen LogP contribution in [0.2, 0.25) is 0 Å². The predicted octanol–water partition coefficient (Wildman–Crippen LogP) is 3.77. The first kappa shape index (κ1) is 17.1. The molecule has 0 saturated heterocycles. The van der Waals surface area contributed by atoms with E-state index in [0.29, 0.717) is 11.3 Å². The van der Waals surface area contributed by atoms with Crippen LogP contribution in [-0.4, -0.2) is 13.3 Å². The zero-order valence-electron chi connectivity index (χ0n) is 10.3. The van der Waals surface area contributed by atoms with Crippen LogP contribution >= 0.6 is 12.4 Å². The zero-order valence-corrected chi connectivity index (χ0v) is 11.1. The molecular formula is C12H17ClF3NO. The summed E-state index contributed by atoms with van der Waals surface area (Å²) < 4.78 is 41.2. The summed E-state index contributed by atoms with van der Waals surface area (Å²) in [5.74, 6) is 0.705. The topological polar surface area (TPSA) is 35.2 Å². The summed E-state index contributed by atoms with van der Waals surface area (Å²) in [6.07, 6.45) is -5.12. The fraction of sp³-hybridized carbons (Fsp3) is 0.500. The second kappa shape index (κ2) is 6.85. The smallest absolute Gasteiger partial charge is 0.389 e. The molecule has 0 bridgehead atoms. The number of benzene rings is 1. The van der Waals surface area contributed by atoms with Crippen LogP contribution in [0.15, 0.2) is 18.2 Å². The van der Waals surface area contributed by atoms with Gasteiger partial charge < -0.3 is 10.5 Å². The Morgan fingerprint density at radius 3 is 2.39 bits per heavy atom. The van der Waals surface area contributed by atoms with Crippen molar-refractivity contribution in [2.45, 2.75) is 32.0 Å². The third-order valence-electron chi connectivity index (χ3n) is 2.59. The fourth-order valence-corrected chi connectivity index (χ4v) is 1.62. The van der Waals surface area contributed by atoms with Gasteiger partial charge in [0.05, 0.1) is 7.11 Å². The minimum absolute atomic E-state index is 0. The SMILES string of the molecule is COc1ccc([C@@H](N)CCC(F)(F)F)cc1C.Cl. The largest absolute Gasteiger partial charge is 0.496 e. The lowest BCUT2D eigenvalue weighted by atomic mass is 10.0. The van der Waals surface area contributed by atoms with Crippen LogP contribution in [0.4, 0.5) is 13.2 Å². The highest BCUT2D eigenvalue weighted by Crippen LogP contribution is 2.28. The standard InChI is InChI=1S/C12H16F3NO.ClH/c1-8-7-9(3-4-11(8)17-2)10(16)5-6-12(13,14)15;/h3-4,7,10H,5-6,16H2,1-2H3;1H/t10-;/m0./s1. The summed E-state index contributed by atoms with van der Waals surface area (Å²) in [4.78, 5) is 0. The lowest BCUT2D eigenvalue weighted by Gasteiger charge is -2.15. The molecule has 1 aromatic carbocycles. The van der Waals surface area contributed by atoms with Crippen LogP contribution in [0.5, 0.6) is 5.75 Å². The molecule has 0 fully saturated rings. The molecule has 6 heteroatoms. The van der Waals surface area contributed by atoms with Crippen LogP contribution < -0.4 is 10.5 Å². The van der Waals surface area contributed by atoms with Gasteiger partial charge in [0.1, 0.15) is 5.75 Å². The molecule has 0 radical (unpaired) electrons. The van der Waals surface area contributed by atoms with E-state index in [2.05, 4.69) is 0 Å². The van der Waals surface area contributed by atoms with E-state index in [-0.39, 0.29) is 18.8 Å². The molecule has 2 nitrogen and oxygen atoms in total. The van der Waals surface area contributed by atoms with E-state index in [0.717, 1.165) is 5.56 Å². The van der Waals surface area contributed by atoms with Crippen molar-refractivity contribution in [3.8, 4) is 5.75 Å². The maximum atomic E-state index is 12.1. The first-order valence-electron chi connectivity index (χ1n) is 5.30. The first-order chi connectivity index (χ1) is 7.83. The summed E-state index contributed by atoms with van der Waals surface area (Å²) in [7, 11) is 1.55. The second-order valence-electron chi connectivity index (χ2n) is 3.99. The van der Waals surface area contributed by atoms with Crippen LogP contribution in [-0.2, 0) is 0 Å². The lowest BCUT2D eigenvalue weighted by molar-refractivity contribution is -0.136. The highest BCUT2D eigenvalue weighted by atomic mass is 35.5. The summed E-state index contributed by atoms with van der Waals surface area (Å²) in [5, 5.41) is 0. The monoisotopic (exact) mass is 283 g/mol. The van der Waals surface area contributed by atoms with E-state index < -0.39 is 18.6 Å². The van der Waals surface area contributed by atoms with Gasteiger partial charge in [-0.3, -0.25) is 0 Å². The van der Waals surface area contributed by atoms with Crippen molar-refractivity contribution >= 4 is 12.4 Å². The number of ether oxygens (including phenoxy) is 1. The van der Waals surface area contributed by atoms with E-state index in [1.54, 1.807) is 25.3 Å². The Bertz CT molecular complexity index is 382. The van der Waals surface area contributed by atoms with Crippen LogP contribution in [0, 0.1) is 6.92 Å². The highest BCUT2D eigenvalue weighted by Gasteiger charge is 2.27. The highest BCUT2D eigenvalue weighted by molar-refractivity contribution is 5.85. The number of aryl methyl sites for hydroxylation is 1. The number of hydrogen-bond donors (Lipinski definition) is 1. The molecule has 18 heavy (non-hydrogen) atoms. The van der Waals surface area contributed by atoms with E-state index in [9.17, 15) is 13.2 Å². The van der Waals surface area contributed by atoms with E-state index in [4.69, 9.17) is 10.5 Å². The molecule has 0 amide bonds. The van der Waals surface area contributed by atoms with Crippen molar-refractivity contribution in [1.82, 2.24) is 0 Å². The van der Waals surface area contributed by atoms with Crippen molar-refractivity contribution < 1.29 is 17.9 Å². The van der Waals surface area contributed by atoms with Gasteiger partial charge in [0.25, 0.3) is 0 Å². The van der Waals surface area contributed by atoms with Crippen molar-refractivity contribution in [2.24, 2.45) is 5.73 Å². The van der Waals surface area contributed by atoms with Gasteiger partial charge in [-0.25, -0.2) is 0 Å². The molecule has 1 atom stereocenters. The maximum Gasteiger partial charge on any atom is 0.389 e. The Kier molecular flexibility index (Phi) is 6.49. The second-order valence-corrected chi connectivity index (χ2v) is 3.99. The Hall–Kier alpha value is -0.940. The fourth-order valence-electron chi connectivity index (χ4n) is 1.62. The lowest BCUT2D eigenvalue weighted by Crippen LogP contribution is -2.15. The molecule has 0 spiro atoms. The van der Waals surface area contributed by atoms with Gasteiger partial charge in [-0.1, -0.05) is 12.1 Å². The average Bonchev–Trinajstić information content (AvgIpc) is 2.24. The Labute approximate surface area is 111 Å². The number of methoxy groups -OCH3 is 1. The van der Waals surface area contributed by atoms with Gasteiger partial charge >= 0.3 is 6.18 Å². The molecule has 0 aromatic heterocycles. The number of halogens is 4. The molecule has 104 valence electrons. The molecule has 0 saturated carbocycles. The molecule has 2 N–H and O–H groups in total. The van der Waals surface area contributed by atoms with Crippen LogP contribution in [0.3, 0.4) is 0 Å². The van der Waals surface area contributed by atoms with Gasteiger partial charge in [-0.15, -0.1) is 12.4 Å². The van der Waals surface area contributed by atoms with Gasteiger partial charge in [0, 0.05) is 12.5 Å². The quantitative estimate of drug-likeness (QED) is 0.913. The summed E-state index contributed by atoms with van der Waals surface area (Å²) in [6, 6.07) is 4.59. The number of hydrogen-bond acceptors (Lipinski definition) is 2. The maximum absolute atomic E-state index is 12.1. The Morgan fingerprint density at radius 1 is 1.33 bits per heavy atom. The van der Waals surface area contributed by atoms with E-state index in [1.165, 1.54) is 0 Å². The minimum atomic E-state index is -4.15.